The van der Waals surface area contributed by atoms with E-state index in [9.17, 15) is 23.8 Å². The van der Waals surface area contributed by atoms with Gasteiger partial charge < -0.3 is 19.8 Å². The van der Waals surface area contributed by atoms with Gasteiger partial charge in [-0.3, -0.25) is 4.79 Å². The summed E-state index contributed by atoms with van der Waals surface area (Å²) in [5.74, 6) is -1.33. The first-order chi connectivity index (χ1) is 18.6. The van der Waals surface area contributed by atoms with Crippen molar-refractivity contribution in [1.82, 2.24) is 24.5 Å². The van der Waals surface area contributed by atoms with Crippen molar-refractivity contribution in [1.29, 1.82) is 0 Å². The topological polar surface area (TPSA) is 113 Å². The van der Waals surface area contributed by atoms with Crippen molar-refractivity contribution >= 4 is 11.4 Å². The standard InChI is InChI=1S/C27H22F3N5O4/c1-34-19-6-16(21-14(24(34)37)3-2-4-20(21)39-26(29)30)22-18-5-15(17(28)11-35(18)33-23(19)22)12-9-31-25(32-10-12)27(38)7-13(36)8-27/h2-5,9-11,13,16,19,26,36,38H,6-8H2,1H3/t13?,16-,19-,27?/m1/s1. The lowest BCUT2D eigenvalue weighted by atomic mass is 9.77. The number of benzene rings is 1. The van der Waals surface area contributed by atoms with Gasteiger partial charge in [0.15, 0.2) is 5.82 Å². The lowest BCUT2D eigenvalue weighted by Gasteiger charge is -2.39. The number of aliphatic hydroxyl groups is 2. The van der Waals surface area contributed by atoms with Crippen molar-refractivity contribution < 1.29 is 32.9 Å². The number of carbonyl (C=O) groups is 1. The van der Waals surface area contributed by atoms with E-state index in [1.807, 2.05) is 0 Å². The maximum absolute atomic E-state index is 15.3. The van der Waals surface area contributed by atoms with Crippen LogP contribution in [0, 0.1) is 5.82 Å². The Kier molecular flexibility index (Phi) is 5.08. The fourth-order valence-electron chi connectivity index (χ4n) is 6.21. The number of aliphatic hydroxyl groups excluding tert-OH is 1. The molecule has 0 unspecified atom stereocenters. The summed E-state index contributed by atoms with van der Waals surface area (Å²) in [6.45, 7) is -3.07. The Labute approximate surface area is 219 Å². The molecule has 4 heterocycles. The van der Waals surface area contributed by atoms with Gasteiger partial charge in [0.05, 0.1) is 29.6 Å². The number of rotatable bonds is 4. The van der Waals surface area contributed by atoms with E-state index in [1.165, 1.54) is 40.1 Å². The number of halogens is 3. The minimum absolute atomic E-state index is 0.0764. The van der Waals surface area contributed by atoms with Crippen LogP contribution in [0.4, 0.5) is 13.2 Å². The number of carbonyl (C=O) groups excluding carboxylic acids is 1. The van der Waals surface area contributed by atoms with Gasteiger partial charge in [-0.2, -0.15) is 13.9 Å². The number of nitrogens with zero attached hydrogens (tertiary/aromatic N) is 5. The maximum atomic E-state index is 15.3. The highest BCUT2D eigenvalue weighted by atomic mass is 19.3. The van der Waals surface area contributed by atoms with Gasteiger partial charge in [0.1, 0.15) is 17.2 Å². The van der Waals surface area contributed by atoms with E-state index < -0.39 is 36.1 Å². The van der Waals surface area contributed by atoms with Crippen LogP contribution in [0.25, 0.3) is 16.6 Å². The molecule has 9 nitrogen and oxygen atoms in total. The van der Waals surface area contributed by atoms with Crippen molar-refractivity contribution in [2.75, 3.05) is 7.05 Å². The number of alkyl halides is 2. The Bertz CT molecular complexity index is 1650. The zero-order chi connectivity index (χ0) is 27.2. The van der Waals surface area contributed by atoms with E-state index in [2.05, 4.69) is 15.1 Å². The highest BCUT2D eigenvalue weighted by Gasteiger charge is 2.47. The van der Waals surface area contributed by atoms with Crippen molar-refractivity contribution in [3.8, 4) is 16.9 Å². The molecule has 3 aromatic heterocycles. The summed E-state index contributed by atoms with van der Waals surface area (Å²) in [4.78, 5) is 23.3. The van der Waals surface area contributed by atoms with E-state index in [1.54, 1.807) is 19.2 Å². The minimum atomic E-state index is -3.07. The van der Waals surface area contributed by atoms with E-state index in [-0.39, 0.29) is 41.4 Å². The molecule has 1 fully saturated rings. The van der Waals surface area contributed by atoms with Crippen LogP contribution >= 0.6 is 0 Å². The van der Waals surface area contributed by atoms with E-state index in [0.717, 1.165) is 0 Å². The average molecular weight is 537 g/mol. The molecule has 1 aromatic carbocycles. The van der Waals surface area contributed by atoms with Crippen LogP contribution in [0.2, 0.25) is 0 Å². The molecular weight excluding hydrogens is 515 g/mol. The molecule has 4 aromatic rings. The Morgan fingerprint density at radius 1 is 1.15 bits per heavy atom. The van der Waals surface area contributed by atoms with Crippen LogP contribution in [0.3, 0.4) is 0 Å². The first kappa shape index (κ1) is 24.0. The predicted molar refractivity (Wildman–Crippen MR) is 130 cm³/mol. The molecule has 2 atom stereocenters. The number of hydrogen-bond acceptors (Lipinski definition) is 7. The molecule has 200 valence electrons. The Hall–Kier alpha value is -4.03. The highest BCUT2D eigenvalue weighted by Crippen LogP contribution is 2.53. The summed E-state index contributed by atoms with van der Waals surface area (Å²) < 4.78 is 48.2. The first-order valence-corrected chi connectivity index (χ1v) is 12.4. The van der Waals surface area contributed by atoms with Crippen LogP contribution in [-0.4, -0.2) is 60.4 Å². The number of fused-ring (bicyclic) bond motifs is 9. The van der Waals surface area contributed by atoms with Gasteiger partial charge in [-0.25, -0.2) is 18.9 Å². The zero-order valence-corrected chi connectivity index (χ0v) is 20.6. The van der Waals surface area contributed by atoms with Gasteiger partial charge in [-0.05, 0) is 24.6 Å². The Morgan fingerprint density at radius 2 is 1.90 bits per heavy atom. The normalized spacial score (nSPS) is 25.5. The van der Waals surface area contributed by atoms with Crippen LogP contribution < -0.4 is 4.74 Å². The van der Waals surface area contributed by atoms with Gasteiger partial charge in [0.2, 0.25) is 0 Å². The molecule has 12 heteroatoms. The van der Waals surface area contributed by atoms with Crippen LogP contribution in [0.5, 0.6) is 5.75 Å². The molecule has 2 aliphatic carbocycles. The van der Waals surface area contributed by atoms with Gasteiger partial charge in [0, 0.05) is 66.0 Å². The predicted octanol–water partition coefficient (Wildman–Crippen LogP) is 3.54. The Balaban J connectivity index is 1.37. The molecule has 0 radical (unpaired) electrons. The smallest absolute Gasteiger partial charge is 0.387 e. The summed E-state index contributed by atoms with van der Waals surface area (Å²) in [6, 6.07) is 5.70. The molecule has 1 saturated carbocycles. The molecule has 39 heavy (non-hydrogen) atoms. The molecule has 1 aliphatic heterocycles. The van der Waals surface area contributed by atoms with Crippen molar-refractivity contribution in [3.63, 3.8) is 0 Å². The number of ether oxygens (including phenoxy) is 1. The minimum Gasteiger partial charge on any atom is -0.434 e. The van der Waals surface area contributed by atoms with Crippen LogP contribution in [0.15, 0.2) is 42.9 Å². The summed E-state index contributed by atoms with van der Waals surface area (Å²) in [5, 5.41) is 24.7. The van der Waals surface area contributed by atoms with Crippen molar-refractivity contribution in [3.05, 3.63) is 76.9 Å². The van der Waals surface area contributed by atoms with Gasteiger partial charge in [-0.1, -0.05) is 6.07 Å². The maximum Gasteiger partial charge on any atom is 0.387 e. The highest BCUT2D eigenvalue weighted by molar-refractivity contribution is 5.98. The SMILES string of the molecule is CN1C(=O)c2cccc(OC(F)F)c2[C@H]2C[C@@H]1c1nn3cc(F)c(-c4cnc(C5(O)CC(O)C5)nc4)cc3c12. The second kappa shape index (κ2) is 8.23. The molecule has 2 N–H and O–H groups in total. The van der Waals surface area contributed by atoms with E-state index >= 15 is 4.39 Å². The summed E-state index contributed by atoms with van der Waals surface area (Å²) >= 11 is 0. The molecule has 1 amide bonds. The third-order valence-corrected chi connectivity index (χ3v) is 8.09. The second-order valence-electron chi connectivity index (χ2n) is 10.4. The van der Waals surface area contributed by atoms with Gasteiger partial charge >= 0.3 is 6.61 Å². The van der Waals surface area contributed by atoms with Crippen molar-refractivity contribution in [2.24, 2.45) is 0 Å². The third-order valence-electron chi connectivity index (χ3n) is 8.09. The molecule has 3 aliphatic rings. The van der Waals surface area contributed by atoms with Gasteiger partial charge in [-0.15, -0.1) is 0 Å². The molecule has 7 rings (SSSR count). The number of aromatic nitrogens is 4. The third kappa shape index (κ3) is 3.47. The largest absolute Gasteiger partial charge is 0.434 e. The second-order valence-corrected chi connectivity index (χ2v) is 10.4. The van der Waals surface area contributed by atoms with Crippen LogP contribution in [-0.2, 0) is 5.60 Å². The van der Waals surface area contributed by atoms with E-state index in [0.29, 0.717) is 34.3 Å². The fraction of sp³-hybridized carbons (Fsp3) is 0.333. The number of amides is 1. The van der Waals surface area contributed by atoms with Crippen molar-refractivity contribution in [2.45, 2.75) is 49.5 Å². The quantitative estimate of drug-likeness (QED) is 0.410. The summed E-state index contributed by atoms with van der Waals surface area (Å²) in [7, 11) is 1.64. The lowest BCUT2D eigenvalue weighted by molar-refractivity contribution is -0.124. The molecular formula is C27H22F3N5O4. The molecule has 2 bridgehead atoms. The summed E-state index contributed by atoms with van der Waals surface area (Å²) in [5.41, 5.74) is 1.73. The summed E-state index contributed by atoms with van der Waals surface area (Å²) in [6.07, 6.45) is 4.12. The van der Waals surface area contributed by atoms with Gasteiger partial charge in [0.25, 0.3) is 5.91 Å². The average Bonchev–Trinajstić information content (AvgIpc) is 3.39. The first-order valence-electron chi connectivity index (χ1n) is 12.4. The van der Waals surface area contributed by atoms with Crippen LogP contribution in [0.1, 0.15) is 64.2 Å². The fourth-order valence-corrected chi connectivity index (χ4v) is 6.21. The Morgan fingerprint density at radius 3 is 2.59 bits per heavy atom. The molecule has 0 saturated heterocycles. The monoisotopic (exact) mass is 537 g/mol. The molecule has 0 spiro atoms. The number of pyridine rings is 1. The number of hydrogen-bond donors (Lipinski definition) is 2. The zero-order valence-electron chi connectivity index (χ0n) is 20.6. The van der Waals surface area contributed by atoms with E-state index in [4.69, 9.17) is 4.74 Å². The lowest BCUT2D eigenvalue weighted by Crippen LogP contribution is -2.45.